The number of hydrogen-bond acceptors (Lipinski definition) is 18. The second-order valence-electron chi connectivity index (χ2n) is 11.4. The summed E-state index contributed by atoms with van der Waals surface area (Å²) in [5.41, 5.74) is 6.04. The fourth-order valence-corrected chi connectivity index (χ4v) is 8.40. The molecule has 0 aromatic rings. The summed E-state index contributed by atoms with van der Waals surface area (Å²) in [4.78, 5) is 36.1. The summed E-state index contributed by atoms with van der Waals surface area (Å²) in [6.45, 7) is -0.845. The third-order valence-electron chi connectivity index (χ3n) is 8.59. The Labute approximate surface area is 251 Å². The van der Waals surface area contributed by atoms with E-state index in [-0.39, 0.29) is 18.9 Å². The lowest BCUT2D eigenvalue weighted by Crippen LogP contribution is -3.22. The van der Waals surface area contributed by atoms with Crippen molar-refractivity contribution in [3.63, 3.8) is 0 Å². The Balaban J connectivity index is 1.11. The molecule has 0 aromatic heterocycles. The predicted octanol–water partition coefficient (Wildman–Crippen LogP) is -6.99. The summed E-state index contributed by atoms with van der Waals surface area (Å²) in [6.07, 6.45) is -10.4. The van der Waals surface area contributed by atoms with Gasteiger partial charge < -0.3 is 55.1 Å². The number of phosphoric ester groups is 2. The average molecular weight is 679 g/mol. The minimum Gasteiger partial charge on any atom is -0.756 e. The molecule has 0 aromatic carbocycles. The number of likely N-dealkylation sites (tertiary alicyclic amines) is 1. The molecule has 12 N–H and O–H groups in total. The maximum Gasteiger partial charge on any atom is 0.478 e. The number of carbonyl (C=O) groups is 1. The first-order valence-corrected chi connectivity index (χ1v) is 17.1. The molecule has 5 saturated heterocycles. The number of nitrogens with zero attached hydrogens (tertiary/aromatic N) is 1. The summed E-state index contributed by atoms with van der Waals surface area (Å²) in [7, 11) is -11.0. The molecule has 23 heteroatoms. The molecule has 21 nitrogen and oxygen atoms in total. The lowest BCUT2D eigenvalue weighted by Gasteiger charge is -2.38. The first-order chi connectivity index (χ1) is 20.7. The van der Waals surface area contributed by atoms with E-state index in [1.807, 2.05) is 0 Å². The van der Waals surface area contributed by atoms with E-state index in [4.69, 9.17) is 19.7 Å². The molecule has 44 heavy (non-hydrogen) atoms. The minimum absolute atomic E-state index is 0.231. The van der Waals surface area contributed by atoms with Crippen LogP contribution < -0.4 is 31.5 Å². The fourth-order valence-electron chi connectivity index (χ4n) is 6.35. The van der Waals surface area contributed by atoms with Crippen LogP contribution in [0.25, 0.3) is 0 Å². The van der Waals surface area contributed by atoms with Crippen LogP contribution in [0.15, 0.2) is 0 Å². The Bertz CT molecular complexity index is 1130. The number of nitrogens with two attached hydrogens (primary N) is 1. The van der Waals surface area contributed by atoms with E-state index in [1.54, 1.807) is 4.90 Å². The molecular formula is C21H40N6O15P2. The van der Waals surface area contributed by atoms with E-state index >= 15 is 0 Å². The minimum atomic E-state index is -5.59. The van der Waals surface area contributed by atoms with Crippen molar-refractivity contribution in [3.05, 3.63) is 0 Å². The van der Waals surface area contributed by atoms with Gasteiger partial charge in [-0.3, -0.25) is 29.9 Å². The number of nitrogens with one attached hydrogen (secondary N) is 4. The maximum absolute atomic E-state index is 12.4. The number of fused-ring (bicyclic) bond motifs is 1. The topological polar surface area (TPSA) is 312 Å². The Morgan fingerprint density at radius 1 is 1.00 bits per heavy atom. The highest BCUT2D eigenvalue weighted by Crippen LogP contribution is 2.58. The monoisotopic (exact) mass is 678 g/mol. The summed E-state index contributed by atoms with van der Waals surface area (Å²) in [5, 5.41) is 60.8. The van der Waals surface area contributed by atoms with Crippen LogP contribution in [-0.4, -0.2) is 148 Å². The smallest absolute Gasteiger partial charge is 0.478 e. The van der Waals surface area contributed by atoms with E-state index in [9.17, 15) is 49.2 Å². The zero-order chi connectivity index (χ0) is 32.0. The molecule has 0 bridgehead atoms. The quantitative estimate of drug-likeness (QED) is 0.0904. The van der Waals surface area contributed by atoms with Gasteiger partial charge in [-0.05, 0) is 12.8 Å². The molecule has 0 radical (unpaired) electrons. The number of rotatable bonds is 11. The van der Waals surface area contributed by atoms with Gasteiger partial charge in [0.05, 0.1) is 44.8 Å². The first-order valence-electron chi connectivity index (χ1n) is 14.2. The standard InChI is InChI=1S/C21H40N6O15P2/c22-17-12-18(24-7-23-17)27(8-25-12)20-16(31)14(29)11(41-20)6-39-44(36,37)42-43(34,35)38-5-10-13(28)15(30)19(40-10)26-4-2-1-3-9(26)21(32)33/h9-20,23-25,28-31H,1-8,22H2,(H,32,33)(H,34,35)(H,36,37). The molecule has 5 fully saturated rings. The molecule has 0 aliphatic carbocycles. The number of piperidine rings is 1. The maximum atomic E-state index is 12.4. The Morgan fingerprint density at radius 2 is 1.68 bits per heavy atom. The number of hydrogen-bond donors (Lipinski definition) is 11. The number of phosphoric acid groups is 2. The molecule has 5 rings (SSSR count). The number of quaternary nitrogens is 1. The van der Waals surface area contributed by atoms with Crippen molar-refractivity contribution in [2.24, 2.45) is 5.73 Å². The molecule has 0 saturated carbocycles. The zero-order valence-electron chi connectivity index (χ0n) is 23.4. The first kappa shape index (κ1) is 34.6. The number of aliphatic carboxylic acids is 1. The van der Waals surface area contributed by atoms with Gasteiger partial charge in [-0.25, -0.2) is 18.6 Å². The second-order valence-corrected chi connectivity index (χ2v) is 14.4. The number of aliphatic hydroxyl groups is 4. The SMILES string of the molecule is NC1NCNC2C1NCN2C1OC(COP(=O)(O)OP(=O)([O-])OCC2OC([NH+]3CCCCC3C(=O)O)C(O)C2O)C(O)C1O. The third-order valence-corrected chi connectivity index (χ3v) is 11.2. The normalized spacial score (nSPS) is 45.9. The van der Waals surface area contributed by atoms with Gasteiger partial charge >= 0.3 is 13.8 Å². The summed E-state index contributed by atoms with van der Waals surface area (Å²) in [6, 6.07) is -1.15. The molecule has 254 valence electrons. The molecule has 15 unspecified atom stereocenters. The van der Waals surface area contributed by atoms with E-state index in [2.05, 4.69) is 24.8 Å². The molecule has 0 spiro atoms. The summed E-state index contributed by atoms with van der Waals surface area (Å²) < 4.78 is 49.6. The lowest BCUT2D eigenvalue weighted by molar-refractivity contribution is -0.969. The van der Waals surface area contributed by atoms with Crippen molar-refractivity contribution in [1.29, 1.82) is 0 Å². The van der Waals surface area contributed by atoms with Crippen molar-refractivity contribution >= 4 is 21.6 Å². The van der Waals surface area contributed by atoms with Gasteiger partial charge in [0, 0.05) is 13.1 Å². The number of ether oxygens (including phenoxy) is 2. The summed E-state index contributed by atoms with van der Waals surface area (Å²) in [5.74, 6) is -1.10. The van der Waals surface area contributed by atoms with Gasteiger partial charge in [0.2, 0.25) is 6.23 Å². The summed E-state index contributed by atoms with van der Waals surface area (Å²) >= 11 is 0. The van der Waals surface area contributed by atoms with Gasteiger partial charge in [0.25, 0.3) is 7.82 Å². The fraction of sp³-hybridized carbons (Fsp3) is 0.952. The second kappa shape index (κ2) is 13.8. The van der Waals surface area contributed by atoms with Crippen molar-refractivity contribution in [2.45, 2.75) is 92.8 Å². The van der Waals surface area contributed by atoms with Gasteiger partial charge in [-0.15, -0.1) is 0 Å². The van der Waals surface area contributed by atoms with Gasteiger partial charge in [-0.2, -0.15) is 0 Å². The Morgan fingerprint density at radius 3 is 2.41 bits per heavy atom. The zero-order valence-corrected chi connectivity index (χ0v) is 25.2. The highest BCUT2D eigenvalue weighted by molar-refractivity contribution is 7.60. The highest BCUT2D eigenvalue weighted by Gasteiger charge is 2.53. The molecule has 5 aliphatic rings. The Hall–Kier alpha value is -0.750. The van der Waals surface area contributed by atoms with Crippen molar-refractivity contribution in [3.8, 4) is 0 Å². The largest absolute Gasteiger partial charge is 0.756 e. The van der Waals surface area contributed by atoms with Crippen molar-refractivity contribution in [1.82, 2.24) is 20.9 Å². The number of aliphatic hydroxyl groups excluding tert-OH is 4. The van der Waals surface area contributed by atoms with Crippen LogP contribution in [-0.2, 0) is 36.8 Å². The van der Waals surface area contributed by atoms with Crippen molar-refractivity contribution < 1.29 is 77.0 Å². The molecule has 0 amide bonds. The predicted molar refractivity (Wildman–Crippen MR) is 139 cm³/mol. The number of carboxylic acid groups (broad SMARTS) is 1. The number of carboxylic acids is 1. The van der Waals surface area contributed by atoms with E-state index in [0.29, 0.717) is 37.4 Å². The van der Waals surface area contributed by atoms with Gasteiger partial charge in [0.15, 0.2) is 12.1 Å². The average Bonchev–Trinajstić information content (AvgIpc) is 3.61. The molecular weight excluding hydrogens is 638 g/mol. The van der Waals surface area contributed by atoms with Crippen LogP contribution in [0.4, 0.5) is 0 Å². The van der Waals surface area contributed by atoms with Crippen LogP contribution in [0.5, 0.6) is 0 Å². The van der Waals surface area contributed by atoms with E-state index in [0.717, 1.165) is 0 Å². The Kier molecular flexibility index (Phi) is 10.8. The molecule has 15 atom stereocenters. The van der Waals surface area contributed by atoms with Gasteiger partial charge in [-0.1, -0.05) is 0 Å². The van der Waals surface area contributed by atoms with Crippen LogP contribution in [0.2, 0.25) is 0 Å². The van der Waals surface area contributed by atoms with Crippen LogP contribution >= 0.6 is 15.6 Å². The van der Waals surface area contributed by atoms with Crippen molar-refractivity contribution in [2.75, 3.05) is 33.1 Å². The van der Waals surface area contributed by atoms with Crippen LogP contribution in [0.1, 0.15) is 19.3 Å². The molecule has 5 aliphatic heterocycles. The lowest BCUT2D eigenvalue weighted by atomic mass is 10.0. The van der Waals surface area contributed by atoms with Gasteiger partial charge in [0.1, 0.15) is 36.7 Å². The highest BCUT2D eigenvalue weighted by atomic mass is 31.3. The third kappa shape index (κ3) is 7.37. The van der Waals surface area contributed by atoms with E-state index in [1.165, 1.54) is 0 Å². The van der Waals surface area contributed by atoms with E-state index < -0.39 is 96.1 Å². The molecule has 5 heterocycles. The van der Waals surface area contributed by atoms with Crippen LogP contribution in [0, 0.1) is 0 Å². The van der Waals surface area contributed by atoms with Crippen LogP contribution in [0.3, 0.4) is 0 Å².